The Labute approximate surface area is 230 Å². The van der Waals surface area contributed by atoms with Gasteiger partial charge in [-0.1, -0.05) is 30.2 Å². The molecule has 1 aromatic heterocycles. The third-order valence-electron chi connectivity index (χ3n) is 6.57. The number of carboxylic acids is 1. The molecular formula is C31H33NO6S. The van der Waals surface area contributed by atoms with Gasteiger partial charge in [-0.3, -0.25) is 4.79 Å². The van der Waals surface area contributed by atoms with Crippen LogP contribution in [0.4, 0.5) is 0 Å². The number of pyridine rings is 1. The predicted molar refractivity (Wildman–Crippen MR) is 151 cm³/mol. The van der Waals surface area contributed by atoms with Crippen molar-refractivity contribution in [2.45, 2.75) is 51.6 Å². The number of hydrogen-bond donors (Lipinski definition) is 1. The maximum Gasteiger partial charge on any atom is 0.304 e. The minimum absolute atomic E-state index is 0.0384. The van der Waals surface area contributed by atoms with Gasteiger partial charge >= 0.3 is 5.97 Å². The van der Waals surface area contributed by atoms with Gasteiger partial charge in [0, 0.05) is 17.9 Å². The van der Waals surface area contributed by atoms with Gasteiger partial charge in [0.15, 0.2) is 0 Å². The fourth-order valence-electron chi connectivity index (χ4n) is 4.69. The smallest absolute Gasteiger partial charge is 0.304 e. The number of ether oxygens (including phenoxy) is 2. The van der Waals surface area contributed by atoms with E-state index in [2.05, 4.69) is 30.0 Å². The molecule has 0 amide bonds. The zero-order valence-electron chi connectivity index (χ0n) is 22.3. The number of aryl methyl sites for hydroxylation is 2. The third kappa shape index (κ3) is 8.08. The molecule has 0 saturated heterocycles. The minimum atomic E-state index is -3.00. The number of carboxylic acid groups (broad SMARTS) is 1. The molecule has 2 aromatic carbocycles. The molecule has 1 aliphatic carbocycles. The van der Waals surface area contributed by atoms with Gasteiger partial charge in [-0.25, -0.2) is 13.4 Å². The van der Waals surface area contributed by atoms with E-state index in [4.69, 9.17) is 19.6 Å². The average molecular weight is 548 g/mol. The molecule has 3 aromatic rings. The van der Waals surface area contributed by atoms with Crippen molar-refractivity contribution in [1.29, 1.82) is 0 Å². The van der Waals surface area contributed by atoms with Crippen LogP contribution >= 0.6 is 0 Å². The van der Waals surface area contributed by atoms with Gasteiger partial charge in [-0.05, 0) is 79.1 Å². The predicted octanol–water partition coefficient (Wildman–Crippen LogP) is 5.21. The standard InChI is InChI=1S/C31H33NO6S/c1-3-6-25(20-31(33)34)23-11-13-26(14-12-23)38-21-22-9-10-24-7-4-8-29-27(28(24)19-22)15-16-30(32-29)37-17-5-18-39(2,35)36/h9-16,19,25H,4-5,7-8,17-18,20-21H2,1-2H3,(H,33,34)/t25-/m0/s1. The number of nitrogens with zero attached hydrogens (tertiary/aromatic N) is 1. The van der Waals surface area contributed by atoms with Crippen molar-refractivity contribution in [1.82, 2.24) is 4.98 Å². The van der Waals surface area contributed by atoms with E-state index in [0.717, 1.165) is 47.2 Å². The number of fused-ring (bicyclic) bond motifs is 3. The van der Waals surface area contributed by atoms with E-state index in [1.807, 2.05) is 36.4 Å². The van der Waals surface area contributed by atoms with Crippen LogP contribution in [0.2, 0.25) is 0 Å². The van der Waals surface area contributed by atoms with Crippen LogP contribution in [0.25, 0.3) is 11.1 Å². The summed E-state index contributed by atoms with van der Waals surface area (Å²) in [6.45, 7) is 2.41. The maximum atomic E-state index is 11.3. The lowest BCUT2D eigenvalue weighted by Crippen LogP contribution is -2.09. The fraction of sp³-hybridized carbons (Fsp3) is 0.355. The average Bonchev–Trinajstić information content (AvgIpc) is 3.08. The van der Waals surface area contributed by atoms with Gasteiger partial charge < -0.3 is 14.6 Å². The van der Waals surface area contributed by atoms with Crippen molar-refractivity contribution in [3.8, 4) is 34.6 Å². The molecule has 7 nitrogen and oxygen atoms in total. The normalized spacial score (nSPS) is 13.2. The number of rotatable bonds is 11. The summed E-state index contributed by atoms with van der Waals surface area (Å²) in [6, 6.07) is 17.7. The highest BCUT2D eigenvalue weighted by atomic mass is 32.2. The summed E-state index contributed by atoms with van der Waals surface area (Å²) in [4.78, 5) is 15.9. The molecule has 0 aliphatic heterocycles. The number of carbonyl (C=O) groups is 1. The summed E-state index contributed by atoms with van der Waals surface area (Å²) in [5, 5.41) is 9.16. The second-order valence-corrected chi connectivity index (χ2v) is 12.0. The van der Waals surface area contributed by atoms with Gasteiger partial charge in [0.2, 0.25) is 5.88 Å². The number of hydrogen-bond acceptors (Lipinski definition) is 6. The quantitative estimate of drug-likeness (QED) is 0.260. The lowest BCUT2D eigenvalue weighted by atomic mass is 9.96. The molecule has 0 saturated carbocycles. The Morgan fingerprint density at radius 1 is 1.05 bits per heavy atom. The Hall–Kier alpha value is -3.83. The summed E-state index contributed by atoms with van der Waals surface area (Å²) in [7, 11) is -3.00. The number of benzene rings is 2. The molecule has 1 aliphatic rings. The van der Waals surface area contributed by atoms with E-state index in [1.54, 1.807) is 6.92 Å². The van der Waals surface area contributed by atoms with Gasteiger partial charge in [0.1, 0.15) is 22.2 Å². The van der Waals surface area contributed by atoms with Gasteiger partial charge in [-0.15, -0.1) is 5.92 Å². The Bertz CT molecular complexity index is 1490. The van der Waals surface area contributed by atoms with Crippen LogP contribution in [-0.4, -0.2) is 43.1 Å². The highest BCUT2D eigenvalue weighted by Crippen LogP contribution is 2.34. The first-order valence-electron chi connectivity index (χ1n) is 13.0. The lowest BCUT2D eigenvalue weighted by molar-refractivity contribution is -0.137. The Morgan fingerprint density at radius 3 is 2.56 bits per heavy atom. The first-order chi connectivity index (χ1) is 18.7. The van der Waals surface area contributed by atoms with E-state index in [0.29, 0.717) is 31.3 Å². The van der Waals surface area contributed by atoms with Gasteiger partial charge in [0.05, 0.1) is 30.4 Å². The molecule has 8 heteroatoms. The molecule has 39 heavy (non-hydrogen) atoms. The summed E-state index contributed by atoms with van der Waals surface area (Å²) >= 11 is 0. The van der Waals surface area contributed by atoms with E-state index < -0.39 is 15.8 Å². The maximum absolute atomic E-state index is 11.3. The van der Waals surface area contributed by atoms with Crippen LogP contribution in [0.15, 0.2) is 54.6 Å². The Kier molecular flexibility index (Phi) is 9.26. The van der Waals surface area contributed by atoms with Crippen molar-refractivity contribution in [2.24, 2.45) is 0 Å². The highest BCUT2D eigenvalue weighted by Gasteiger charge is 2.18. The topological polar surface area (TPSA) is 103 Å². The van der Waals surface area contributed by atoms with Gasteiger partial charge in [0.25, 0.3) is 0 Å². The first kappa shape index (κ1) is 28.2. The third-order valence-corrected chi connectivity index (χ3v) is 7.60. The van der Waals surface area contributed by atoms with Crippen LogP contribution in [0.3, 0.4) is 0 Å². The number of aliphatic carboxylic acids is 1. The minimum Gasteiger partial charge on any atom is -0.489 e. The van der Waals surface area contributed by atoms with Crippen LogP contribution in [0.5, 0.6) is 11.6 Å². The Morgan fingerprint density at radius 2 is 1.85 bits per heavy atom. The van der Waals surface area contributed by atoms with Crippen LogP contribution in [0.1, 0.15) is 54.5 Å². The van der Waals surface area contributed by atoms with E-state index >= 15 is 0 Å². The van der Waals surface area contributed by atoms with Crippen molar-refractivity contribution >= 4 is 15.8 Å². The van der Waals surface area contributed by atoms with Crippen LogP contribution in [0, 0.1) is 11.8 Å². The van der Waals surface area contributed by atoms with Crippen molar-refractivity contribution in [3.63, 3.8) is 0 Å². The summed E-state index contributed by atoms with van der Waals surface area (Å²) < 4.78 is 34.4. The molecular weight excluding hydrogens is 514 g/mol. The molecule has 204 valence electrons. The second-order valence-electron chi connectivity index (χ2n) is 9.72. The first-order valence-corrected chi connectivity index (χ1v) is 15.1. The molecule has 4 rings (SSSR count). The monoisotopic (exact) mass is 547 g/mol. The number of aromatic nitrogens is 1. The van der Waals surface area contributed by atoms with Gasteiger partial charge in [-0.2, -0.15) is 0 Å². The summed E-state index contributed by atoms with van der Waals surface area (Å²) in [6.07, 6.45) is 4.40. The molecule has 0 bridgehead atoms. The number of sulfone groups is 1. The molecule has 0 unspecified atom stereocenters. The molecule has 0 fully saturated rings. The summed E-state index contributed by atoms with van der Waals surface area (Å²) in [5.74, 6) is 5.86. The SMILES string of the molecule is CC#C[C@@H](CC(=O)O)c1ccc(OCc2ccc3c(c2)-c2ccc(OCCCS(C)(=O)=O)nc2CCC3)cc1. The molecule has 0 radical (unpaired) electrons. The van der Waals surface area contributed by atoms with Crippen molar-refractivity contribution in [3.05, 3.63) is 77.0 Å². The van der Waals surface area contributed by atoms with Crippen molar-refractivity contribution < 1.29 is 27.8 Å². The van der Waals surface area contributed by atoms with E-state index in [1.165, 1.54) is 11.8 Å². The van der Waals surface area contributed by atoms with E-state index in [-0.39, 0.29) is 18.1 Å². The largest absolute Gasteiger partial charge is 0.489 e. The highest BCUT2D eigenvalue weighted by molar-refractivity contribution is 7.90. The lowest BCUT2D eigenvalue weighted by Gasteiger charge is -2.14. The molecule has 1 heterocycles. The second kappa shape index (κ2) is 12.8. The summed E-state index contributed by atoms with van der Waals surface area (Å²) in [5.41, 5.74) is 6.36. The zero-order chi connectivity index (χ0) is 27.8. The molecule has 1 N–H and O–H groups in total. The fourth-order valence-corrected chi connectivity index (χ4v) is 5.33. The van der Waals surface area contributed by atoms with Crippen LogP contribution < -0.4 is 9.47 Å². The zero-order valence-corrected chi connectivity index (χ0v) is 23.1. The molecule has 1 atom stereocenters. The molecule has 0 spiro atoms. The van der Waals surface area contributed by atoms with E-state index in [9.17, 15) is 13.2 Å². The van der Waals surface area contributed by atoms with Crippen LogP contribution in [-0.2, 0) is 34.1 Å². The Balaban J connectivity index is 1.44. The van der Waals surface area contributed by atoms with Crippen molar-refractivity contribution in [2.75, 3.05) is 18.6 Å².